The highest BCUT2D eigenvalue weighted by Crippen LogP contribution is 2.01. The van der Waals surface area contributed by atoms with Gasteiger partial charge in [-0.15, -0.1) is 0 Å². The summed E-state index contributed by atoms with van der Waals surface area (Å²) in [6.07, 6.45) is 7.70. The Hall–Kier alpha value is -0.960. The largest absolute Gasteiger partial charge is 0.306 e. The van der Waals surface area contributed by atoms with Crippen molar-refractivity contribution < 1.29 is 0 Å². The third kappa shape index (κ3) is 4.03. The Morgan fingerprint density at radius 1 is 1.08 bits per heavy atom. The molecule has 0 radical (unpaired) electrons. The van der Waals surface area contributed by atoms with E-state index in [9.17, 15) is 0 Å². The zero-order valence-electron chi connectivity index (χ0n) is 7.48. The molecule has 2 heterocycles. The van der Waals surface area contributed by atoms with Crippen LogP contribution in [0.4, 0.5) is 0 Å². The zero-order valence-corrected chi connectivity index (χ0v) is 7.48. The van der Waals surface area contributed by atoms with Gasteiger partial charge in [0.1, 0.15) is 6.33 Å². The van der Waals surface area contributed by atoms with E-state index in [1.165, 1.54) is 32.3 Å². The van der Waals surface area contributed by atoms with E-state index in [0.717, 1.165) is 0 Å². The van der Waals surface area contributed by atoms with Gasteiger partial charge in [-0.1, -0.05) is 0 Å². The van der Waals surface area contributed by atoms with Crippen molar-refractivity contribution in [3.63, 3.8) is 0 Å². The van der Waals surface area contributed by atoms with Gasteiger partial charge in [-0.25, -0.2) is 9.97 Å². The highest BCUT2D eigenvalue weighted by atomic mass is 15.1. The maximum Gasteiger partial charge on any atom is 0.115 e. The first-order valence-electron chi connectivity index (χ1n) is 4.28. The molecule has 0 bridgehead atoms. The van der Waals surface area contributed by atoms with Gasteiger partial charge in [-0.2, -0.15) is 0 Å². The van der Waals surface area contributed by atoms with Gasteiger partial charge in [-0.05, 0) is 39.0 Å². The first-order chi connectivity index (χ1) is 5.89. The van der Waals surface area contributed by atoms with E-state index in [0.29, 0.717) is 0 Å². The van der Waals surface area contributed by atoms with Gasteiger partial charge in [0.15, 0.2) is 0 Å². The molecule has 1 fully saturated rings. The van der Waals surface area contributed by atoms with Gasteiger partial charge in [0, 0.05) is 12.4 Å². The standard InChI is InChI=1S/C5H11N.C4H4N2/c1-6-4-2-3-5-6;1-2-5-4-6-3-1/h2-5H2,1H3;1-4H. The molecule has 1 aliphatic rings. The fourth-order valence-corrected chi connectivity index (χ4v) is 1.13. The van der Waals surface area contributed by atoms with E-state index in [-0.39, 0.29) is 0 Å². The molecule has 0 N–H and O–H groups in total. The van der Waals surface area contributed by atoms with E-state index in [2.05, 4.69) is 21.9 Å². The van der Waals surface area contributed by atoms with Gasteiger partial charge in [0.2, 0.25) is 0 Å². The van der Waals surface area contributed by atoms with E-state index < -0.39 is 0 Å². The second kappa shape index (κ2) is 5.66. The van der Waals surface area contributed by atoms with Crippen LogP contribution in [0.25, 0.3) is 0 Å². The van der Waals surface area contributed by atoms with E-state index in [1.807, 2.05) is 0 Å². The van der Waals surface area contributed by atoms with Gasteiger partial charge in [-0.3, -0.25) is 0 Å². The minimum Gasteiger partial charge on any atom is -0.306 e. The van der Waals surface area contributed by atoms with Crippen LogP contribution in [-0.4, -0.2) is 35.0 Å². The van der Waals surface area contributed by atoms with Crippen LogP contribution in [0.2, 0.25) is 0 Å². The van der Waals surface area contributed by atoms with Crippen LogP contribution in [0.15, 0.2) is 24.8 Å². The lowest BCUT2D eigenvalue weighted by atomic mass is 10.4. The molecule has 0 amide bonds. The normalized spacial score (nSPS) is 16.8. The summed E-state index contributed by atoms with van der Waals surface area (Å²) in [7, 11) is 2.17. The summed E-state index contributed by atoms with van der Waals surface area (Å²) >= 11 is 0. The number of likely N-dealkylation sites (tertiary alicyclic amines) is 1. The summed E-state index contributed by atoms with van der Waals surface area (Å²) < 4.78 is 0. The predicted molar refractivity (Wildman–Crippen MR) is 48.8 cm³/mol. The molecule has 0 saturated carbocycles. The van der Waals surface area contributed by atoms with Crippen LogP contribution in [0.3, 0.4) is 0 Å². The highest BCUT2D eigenvalue weighted by Gasteiger charge is 2.03. The first kappa shape index (κ1) is 9.13. The summed E-state index contributed by atoms with van der Waals surface area (Å²) in [5.41, 5.74) is 0. The van der Waals surface area contributed by atoms with Crippen LogP contribution < -0.4 is 0 Å². The molecule has 0 aliphatic carbocycles. The van der Waals surface area contributed by atoms with E-state index >= 15 is 0 Å². The second-order valence-electron chi connectivity index (χ2n) is 2.91. The summed E-state index contributed by atoms with van der Waals surface area (Å²) in [6.45, 7) is 2.64. The topological polar surface area (TPSA) is 29.0 Å². The quantitative estimate of drug-likeness (QED) is 0.578. The molecule has 12 heavy (non-hydrogen) atoms. The van der Waals surface area contributed by atoms with Gasteiger partial charge >= 0.3 is 0 Å². The Balaban J connectivity index is 0.000000120. The Morgan fingerprint density at radius 2 is 1.67 bits per heavy atom. The molecule has 0 aromatic carbocycles. The molecule has 0 atom stereocenters. The molecule has 1 aromatic rings. The number of nitrogens with zero attached hydrogens (tertiary/aromatic N) is 3. The zero-order chi connectivity index (χ0) is 8.65. The predicted octanol–water partition coefficient (Wildman–Crippen LogP) is 1.19. The van der Waals surface area contributed by atoms with Gasteiger partial charge < -0.3 is 4.90 Å². The van der Waals surface area contributed by atoms with E-state index in [1.54, 1.807) is 18.5 Å². The van der Waals surface area contributed by atoms with E-state index in [4.69, 9.17) is 0 Å². The monoisotopic (exact) mass is 165 g/mol. The third-order valence-electron chi connectivity index (χ3n) is 1.81. The average Bonchev–Trinajstić information content (AvgIpc) is 2.60. The van der Waals surface area contributed by atoms with Crippen LogP contribution in [-0.2, 0) is 0 Å². The molecule has 66 valence electrons. The Labute approximate surface area is 73.5 Å². The molecule has 3 nitrogen and oxygen atoms in total. The van der Waals surface area contributed by atoms with Crippen LogP contribution in [0.5, 0.6) is 0 Å². The second-order valence-corrected chi connectivity index (χ2v) is 2.91. The Bertz CT molecular complexity index is 156. The summed E-state index contributed by atoms with van der Waals surface area (Å²) in [5, 5.41) is 0. The van der Waals surface area contributed by atoms with Crippen molar-refractivity contribution in [1.82, 2.24) is 14.9 Å². The third-order valence-corrected chi connectivity index (χ3v) is 1.81. The lowest BCUT2D eigenvalue weighted by Crippen LogP contribution is -2.10. The van der Waals surface area contributed by atoms with Crippen LogP contribution in [0.1, 0.15) is 12.8 Å². The van der Waals surface area contributed by atoms with Crippen molar-refractivity contribution >= 4 is 0 Å². The lowest BCUT2D eigenvalue weighted by Gasteiger charge is -2.01. The average molecular weight is 165 g/mol. The smallest absolute Gasteiger partial charge is 0.115 e. The van der Waals surface area contributed by atoms with Crippen molar-refractivity contribution in [3.8, 4) is 0 Å². The van der Waals surface area contributed by atoms with Crippen LogP contribution in [0, 0.1) is 0 Å². The number of hydrogen-bond donors (Lipinski definition) is 0. The summed E-state index contributed by atoms with van der Waals surface area (Å²) in [5.74, 6) is 0. The van der Waals surface area contributed by atoms with Crippen molar-refractivity contribution in [3.05, 3.63) is 24.8 Å². The van der Waals surface area contributed by atoms with Crippen LogP contribution >= 0.6 is 0 Å². The van der Waals surface area contributed by atoms with Crippen molar-refractivity contribution in [2.45, 2.75) is 12.8 Å². The molecular weight excluding hydrogens is 150 g/mol. The minimum absolute atomic E-state index is 1.32. The van der Waals surface area contributed by atoms with Crippen molar-refractivity contribution in [2.75, 3.05) is 20.1 Å². The molecule has 1 saturated heterocycles. The molecular formula is C9H15N3. The molecule has 2 rings (SSSR count). The fraction of sp³-hybridized carbons (Fsp3) is 0.556. The number of aromatic nitrogens is 2. The Morgan fingerprint density at radius 3 is 1.83 bits per heavy atom. The summed E-state index contributed by atoms with van der Waals surface area (Å²) in [6, 6.07) is 1.78. The summed E-state index contributed by atoms with van der Waals surface area (Å²) in [4.78, 5) is 9.71. The molecule has 0 spiro atoms. The maximum atomic E-state index is 3.67. The molecule has 3 heteroatoms. The van der Waals surface area contributed by atoms with Gasteiger partial charge in [0.05, 0.1) is 0 Å². The Kier molecular flexibility index (Phi) is 4.31. The molecule has 1 aliphatic heterocycles. The van der Waals surface area contributed by atoms with Gasteiger partial charge in [0.25, 0.3) is 0 Å². The molecule has 1 aromatic heterocycles. The maximum absolute atomic E-state index is 3.67. The lowest BCUT2D eigenvalue weighted by molar-refractivity contribution is 0.418. The SMILES string of the molecule is CN1CCCC1.c1cncnc1. The number of rotatable bonds is 0. The van der Waals surface area contributed by atoms with Crippen molar-refractivity contribution in [1.29, 1.82) is 0 Å². The molecule has 0 unspecified atom stereocenters. The fourth-order valence-electron chi connectivity index (χ4n) is 1.13. The van der Waals surface area contributed by atoms with Crippen molar-refractivity contribution in [2.24, 2.45) is 0 Å². The first-order valence-corrected chi connectivity index (χ1v) is 4.28. The number of hydrogen-bond acceptors (Lipinski definition) is 3. The highest BCUT2D eigenvalue weighted by molar-refractivity contribution is 4.74. The minimum atomic E-state index is 1.32.